The standard InChI is InChI=1S/C25H24FN5O/c26-20-8-6-17(7-9-20)16-21(18-4-2-1-3-5-18)25(32)31-14-10-19(11-15-31)22-23-24(30-29-22)28-13-12-27-23/h1-9,12-13,19,21H,10-11,14-16H2,(H,28,29,30)/t21-/m1/s1. The van der Waals surface area contributed by atoms with Crippen LogP contribution in [-0.2, 0) is 11.2 Å². The van der Waals surface area contributed by atoms with Gasteiger partial charge in [-0.25, -0.2) is 14.4 Å². The van der Waals surface area contributed by atoms with Crippen molar-refractivity contribution >= 4 is 17.1 Å². The molecule has 1 fully saturated rings. The molecule has 6 nitrogen and oxygen atoms in total. The van der Waals surface area contributed by atoms with E-state index in [1.807, 2.05) is 35.2 Å². The van der Waals surface area contributed by atoms with E-state index in [1.165, 1.54) is 12.1 Å². The lowest BCUT2D eigenvalue weighted by molar-refractivity contribution is -0.133. The smallest absolute Gasteiger partial charge is 0.230 e. The van der Waals surface area contributed by atoms with Crippen molar-refractivity contribution in [2.75, 3.05) is 13.1 Å². The molecule has 2 aromatic carbocycles. The second-order valence-electron chi connectivity index (χ2n) is 8.26. The summed E-state index contributed by atoms with van der Waals surface area (Å²) in [6.07, 6.45) is 5.55. The van der Waals surface area contributed by atoms with Crippen molar-refractivity contribution in [1.29, 1.82) is 0 Å². The van der Waals surface area contributed by atoms with Crippen LogP contribution in [0.25, 0.3) is 11.2 Å². The van der Waals surface area contributed by atoms with E-state index >= 15 is 0 Å². The maximum Gasteiger partial charge on any atom is 0.230 e. The number of nitrogens with one attached hydrogen (secondary N) is 1. The first-order valence-electron chi connectivity index (χ1n) is 10.9. The van der Waals surface area contributed by atoms with E-state index in [2.05, 4.69) is 20.2 Å². The number of hydrogen-bond donors (Lipinski definition) is 1. The number of aromatic nitrogens is 4. The monoisotopic (exact) mass is 429 g/mol. The lowest BCUT2D eigenvalue weighted by Gasteiger charge is -2.34. The Balaban J connectivity index is 1.32. The zero-order valence-corrected chi connectivity index (χ0v) is 17.6. The Morgan fingerprint density at radius 3 is 2.50 bits per heavy atom. The third-order valence-corrected chi connectivity index (χ3v) is 6.28. The predicted octanol–water partition coefficient (Wildman–Crippen LogP) is 4.22. The first-order valence-corrected chi connectivity index (χ1v) is 10.9. The van der Waals surface area contributed by atoms with Crippen molar-refractivity contribution in [1.82, 2.24) is 25.1 Å². The highest BCUT2D eigenvalue weighted by atomic mass is 19.1. The molecule has 1 N–H and O–H groups in total. The number of carbonyl (C=O) groups excluding carboxylic acids is 1. The van der Waals surface area contributed by atoms with E-state index < -0.39 is 0 Å². The van der Waals surface area contributed by atoms with Gasteiger partial charge in [-0.1, -0.05) is 42.5 Å². The third-order valence-electron chi connectivity index (χ3n) is 6.28. The van der Waals surface area contributed by atoms with Crippen molar-refractivity contribution in [2.45, 2.75) is 31.1 Å². The fourth-order valence-electron chi connectivity index (χ4n) is 4.55. The first-order chi connectivity index (χ1) is 15.7. The number of amides is 1. The van der Waals surface area contributed by atoms with Crippen LogP contribution in [0.15, 0.2) is 67.0 Å². The summed E-state index contributed by atoms with van der Waals surface area (Å²) >= 11 is 0. The highest BCUT2D eigenvalue weighted by Crippen LogP contribution is 2.32. The molecular formula is C25H24FN5O. The summed E-state index contributed by atoms with van der Waals surface area (Å²) in [6, 6.07) is 16.3. The minimum atomic E-state index is -0.294. The Hall–Kier alpha value is -3.61. The summed E-state index contributed by atoms with van der Waals surface area (Å²) in [7, 11) is 0. The van der Waals surface area contributed by atoms with Gasteiger partial charge in [-0.15, -0.1) is 0 Å². The Kier molecular flexibility index (Phi) is 5.62. The van der Waals surface area contributed by atoms with Crippen LogP contribution in [0.4, 0.5) is 4.39 Å². The average Bonchev–Trinajstić information content (AvgIpc) is 3.28. The molecule has 162 valence electrons. The molecular weight excluding hydrogens is 405 g/mol. The lowest BCUT2D eigenvalue weighted by Crippen LogP contribution is -2.41. The van der Waals surface area contributed by atoms with Gasteiger partial charge < -0.3 is 4.90 Å². The summed E-state index contributed by atoms with van der Waals surface area (Å²) in [4.78, 5) is 24.2. The number of aromatic amines is 1. The summed E-state index contributed by atoms with van der Waals surface area (Å²) in [5.41, 5.74) is 4.39. The second kappa shape index (κ2) is 8.86. The maximum absolute atomic E-state index is 13.6. The largest absolute Gasteiger partial charge is 0.342 e. The Morgan fingerprint density at radius 1 is 1.03 bits per heavy atom. The lowest BCUT2D eigenvalue weighted by atomic mass is 9.88. The molecule has 1 amide bonds. The van der Waals surface area contributed by atoms with Crippen molar-refractivity contribution in [2.24, 2.45) is 0 Å². The molecule has 2 aromatic heterocycles. The molecule has 1 atom stereocenters. The SMILES string of the molecule is O=C([C@H](Cc1ccc(F)cc1)c1ccccc1)N1CCC(c2[nH]nc3nccnc23)CC1. The molecule has 0 radical (unpaired) electrons. The molecule has 1 aliphatic heterocycles. The number of carbonyl (C=O) groups is 1. The van der Waals surface area contributed by atoms with Gasteiger partial charge in [-0.2, -0.15) is 5.10 Å². The van der Waals surface area contributed by atoms with Gasteiger partial charge in [0.2, 0.25) is 5.91 Å². The number of H-pyrrole nitrogens is 1. The van der Waals surface area contributed by atoms with E-state index in [9.17, 15) is 9.18 Å². The molecule has 1 aliphatic rings. The number of benzene rings is 2. The molecule has 0 aliphatic carbocycles. The number of piperidine rings is 1. The summed E-state index contributed by atoms with van der Waals surface area (Å²) in [6.45, 7) is 1.36. The van der Waals surface area contributed by atoms with Crippen molar-refractivity contribution in [3.63, 3.8) is 0 Å². The highest BCUT2D eigenvalue weighted by Gasteiger charge is 2.31. The fourth-order valence-corrected chi connectivity index (χ4v) is 4.55. The van der Waals surface area contributed by atoms with Gasteiger partial charge in [0.1, 0.15) is 11.3 Å². The van der Waals surface area contributed by atoms with Gasteiger partial charge in [0, 0.05) is 31.4 Å². The van der Waals surface area contributed by atoms with Gasteiger partial charge >= 0.3 is 0 Å². The van der Waals surface area contributed by atoms with Crippen LogP contribution in [0.3, 0.4) is 0 Å². The Bertz CT molecular complexity index is 1200. The van der Waals surface area contributed by atoms with Crippen LogP contribution < -0.4 is 0 Å². The van der Waals surface area contributed by atoms with E-state index in [0.29, 0.717) is 25.2 Å². The second-order valence-corrected chi connectivity index (χ2v) is 8.26. The Morgan fingerprint density at radius 2 is 1.75 bits per heavy atom. The molecule has 0 bridgehead atoms. The molecule has 3 heterocycles. The van der Waals surface area contributed by atoms with Crippen LogP contribution in [0, 0.1) is 5.82 Å². The van der Waals surface area contributed by atoms with Gasteiger partial charge in [-0.05, 0) is 42.5 Å². The molecule has 0 unspecified atom stereocenters. The van der Waals surface area contributed by atoms with E-state index in [-0.39, 0.29) is 23.6 Å². The molecule has 0 spiro atoms. The third kappa shape index (κ3) is 4.10. The number of hydrogen-bond acceptors (Lipinski definition) is 4. The van der Waals surface area contributed by atoms with Crippen molar-refractivity contribution in [3.05, 3.63) is 89.6 Å². The molecule has 1 saturated heterocycles. The number of rotatable bonds is 5. The number of fused-ring (bicyclic) bond motifs is 1. The highest BCUT2D eigenvalue weighted by molar-refractivity contribution is 5.84. The van der Waals surface area contributed by atoms with Gasteiger partial charge in [0.15, 0.2) is 5.65 Å². The van der Waals surface area contributed by atoms with Crippen LogP contribution in [0.2, 0.25) is 0 Å². The van der Waals surface area contributed by atoms with Crippen molar-refractivity contribution in [3.8, 4) is 0 Å². The van der Waals surface area contributed by atoms with Gasteiger partial charge in [-0.3, -0.25) is 9.89 Å². The minimum absolute atomic E-state index is 0.119. The fraction of sp³-hybridized carbons (Fsp3) is 0.280. The number of halogens is 1. The summed E-state index contributed by atoms with van der Waals surface area (Å²) in [5.74, 6) is -0.173. The van der Waals surface area contributed by atoms with Crippen LogP contribution >= 0.6 is 0 Å². The molecule has 7 heteroatoms. The summed E-state index contributed by atoms with van der Waals surface area (Å²) in [5, 5.41) is 7.37. The number of likely N-dealkylation sites (tertiary alicyclic amines) is 1. The van der Waals surface area contributed by atoms with E-state index in [4.69, 9.17) is 0 Å². The topological polar surface area (TPSA) is 74.8 Å². The van der Waals surface area contributed by atoms with Crippen LogP contribution in [-0.4, -0.2) is 44.1 Å². The van der Waals surface area contributed by atoms with Crippen molar-refractivity contribution < 1.29 is 9.18 Å². The van der Waals surface area contributed by atoms with Crippen LogP contribution in [0.1, 0.15) is 41.5 Å². The molecule has 4 aromatic rings. The molecule has 0 saturated carbocycles. The average molecular weight is 429 g/mol. The maximum atomic E-state index is 13.6. The van der Waals surface area contributed by atoms with Crippen LogP contribution in [0.5, 0.6) is 0 Å². The summed E-state index contributed by atoms with van der Waals surface area (Å²) < 4.78 is 13.4. The zero-order valence-electron chi connectivity index (χ0n) is 17.6. The first kappa shape index (κ1) is 20.3. The normalized spacial score (nSPS) is 15.7. The minimum Gasteiger partial charge on any atom is -0.342 e. The van der Waals surface area contributed by atoms with Gasteiger partial charge in [0.05, 0.1) is 11.6 Å². The van der Waals surface area contributed by atoms with E-state index in [1.54, 1.807) is 24.5 Å². The predicted molar refractivity (Wildman–Crippen MR) is 120 cm³/mol. The number of nitrogens with zero attached hydrogens (tertiary/aromatic N) is 4. The Labute approximate surface area is 185 Å². The molecule has 5 rings (SSSR count). The molecule has 32 heavy (non-hydrogen) atoms. The van der Waals surface area contributed by atoms with Gasteiger partial charge in [0.25, 0.3) is 0 Å². The van der Waals surface area contributed by atoms with E-state index in [0.717, 1.165) is 35.2 Å². The quantitative estimate of drug-likeness (QED) is 0.515. The zero-order chi connectivity index (χ0) is 21.9.